The summed E-state index contributed by atoms with van der Waals surface area (Å²) in [6.45, 7) is 1.74. The Morgan fingerprint density at radius 3 is 2.62 bits per heavy atom. The number of nitrogens with two attached hydrogens (primary N) is 1. The summed E-state index contributed by atoms with van der Waals surface area (Å²) >= 11 is 3.09. The lowest BCUT2D eigenvalue weighted by atomic mass is 10.1. The normalized spacial score (nSPS) is 12.0. The largest absolute Gasteiger partial charge is 0.453 e. The first-order valence-corrected chi connectivity index (χ1v) is 6.85. The van der Waals surface area contributed by atoms with Crippen LogP contribution in [0.5, 0.6) is 11.5 Å². The second-order valence-electron chi connectivity index (χ2n) is 4.43. The SMILES string of the molecule is CC(N)c1ccc(Oc2cccc([N+](=O)[O-])c2Br)c(F)c1. The van der Waals surface area contributed by atoms with Crippen molar-refractivity contribution < 1.29 is 14.1 Å². The predicted molar refractivity (Wildman–Crippen MR) is 79.9 cm³/mol. The first kappa shape index (κ1) is 15.4. The standard InChI is InChI=1S/C14H12BrFN2O3/c1-8(17)9-5-6-12(10(16)7-9)21-13-4-2-3-11(14(13)15)18(19)20/h2-8H,17H2,1H3. The number of nitro benzene ring substituents is 1. The molecule has 2 aromatic rings. The molecule has 0 radical (unpaired) electrons. The molecule has 0 spiro atoms. The van der Waals surface area contributed by atoms with Gasteiger partial charge >= 0.3 is 0 Å². The summed E-state index contributed by atoms with van der Waals surface area (Å²) in [5.74, 6) is -0.444. The smallest absolute Gasteiger partial charge is 0.287 e. The number of hydrogen-bond acceptors (Lipinski definition) is 4. The Hall–Kier alpha value is -1.99. The number of halogens is 2. The fourth-order valence-electron chi connectivity index (χ4n) is 1.72. The van der Waals surface area contributed by atoms with E-state index in [1.165, 1.54) is 30.3 Å². The van der Waals surface area contributed by atoms with Crippen LogP contribution < -0.4 is 10.5 Å². The Labute approximate surface area is 128 Å². The molecule has 0 fully saturated rings. The monoisotopic (exact) mass is 354 g/mol. The molecule has 110 valence electrons. The lowest BCUT2D eigenvalue weighted by Gasteiger charge is -2.11. The second kappa shape index (κ2) is 6.19. The van der Waals surface area contributed by atoms with E-state index in [1.54, 1.807) is 13.0 Å². The van der Waals surface area contributed by atoms with Crippen molar-refractivity contribution in [3.05, 3.63) is 62.4 Å². The third-order valence-corrected chi connectivity index (χ3v) is 3.64. The van der Waals surface area contributed by atoms with Crippen LogP contribution in [0, 0.1) is 15.9 Å². The van der Waals surface area contributed by atoms with Gasteiger partial charge in [-0.3, -0.25) is 10.1 Å². The van der Waals surface area contributed by atoms with E-state index in [0.717, 1.165) is 0 Å². The molecule has 0 saturated heterocycles. The molecule has 1 atom stereocenters. The fourth-order valence-corrected chi connectivity index (χ4v) is 2.21. The summed E-state index contributed by atoms with van der Waals surface area (Å²) in [6.07, 6.45) is 0. The Morgan fingerprint density at radius 1 is 1.33 bits per heavy atom. The van der Waals surface area contributed by atoms with Crippen LogP contribution in [0.2, 0.25) is 0 Å². The molecular formula is C14H12BrFN2O3. The predicted octanol–water partition coefficient (Wildman–Crippen LogP) is 4.31. The number of nitrogens with zero attached hydrogens (tertiary/aromatic N) is 1. The minimum absolute atomic E-state index is 0.0272. The Morgan fingerprint density at radius 2 is 2.05 bits per heavy atom. The van der Waals surface area contributed by atoms with Gasteiger partial charge < -0.3 is 10.5 Å². The van der Waals surface area contributed by atoms with E-state index in [1.807, 2.05) is 0 Å². The molecule has 7 heteroatoms. The van der Waals surface area contributed by atoms with Crippen molar-refractivity contribution in [2.24, 2.45) is 5.73 Å². The zero-order valence-electron chi connectivity index (χ0n) is 11.0. The quantitative estimate of drug-likeness (QED) is 0.655. The van der Waals surface area contributed by atoms with Gasteiger partial charge in [-0.2, -0.15) is 0 Å². The molecule has 0 bridgehead atoms. The molecular weight excluding hydrogens is 343 g/mol. The van der Waals surface area contributed by atoms with E-state index >= 15 is 0 Å². The van der Waals surface area contributed by atoms with E-state index in [-0.39, 0.29) is 27.7 Å². The molecule has 5 nitrogen and oxygen atoms in total. The Balaban J connectivity index is 2.35. The van der Waals surface area contributed by atoms with Crippen LogP contribution >= 0.6 is 15.9 Å². The first-order valence-electron chi connectivity index (χ1n) is 6.06. The Kier molecular flexibility index (Phi) is 4.54. The number of rotatable bonds is 4. The first-order chi connectivity index (χ1) is 9.90. The van der Waals surface area contributed by atoms with Gasteiger partial charge in [-0.15, -0.1) is 0 Å². The van der Waals surface area contributed by atoms with Crippen molar-refractivity contribution >= 4 is 21.6 Å². The molecule has 0 aliphatic rings. The second-order valence-corrected chi connectivity index (χ2v) is 5.22. The summed E-state index contributed by atoms with van der Waals surface area (Å²) in [5.41, 5.74) is 6.16. The van der Waals surface area contributed by atoms with E-state index in [4.69, 9.17) is 10.5 Å². The summed E-state index contributed by atoms with van der Waals surface area (Å²) in [5, 5.41) is 10.8. The topological polar surface area (TPSA) is 78.4 Å². The van der Waals surface area contributed by atoms with E-state index in [0.29, 0.717) is 5.56 Å². The zero-order chi connectivity index (χ0) is 15.6. The van der Waals surface area contributed by atoms with Crippen molar-refractivity contribution in [3.8, 4) is 11.5 Å². The number of hydrogen-bond donors (Lipinski definition) is 1. The highest BCUT2D eigenvalue weighted by Gasteiger charge is 2.17. The molecule has 0 heterocycles. The van der Waals surface area contributed by atoms with Crippen molar-refractivity contribution in [1.29, 1.82) is 0 Å². The lowest BCUT2D eigenvalue weighted by Crippen LogP contribution is -2.05. The molecule has 0 saturated carbocycles. The highest BCUT2D eigenvalue weighted by Crippen LogP contribution is 2.37. The number of nitro groups is 1. The van der Waals surface area contributed by atoms with Gasteiger partial charge in [0, 0.05) is 12.1 Å². The van der Waals surface area contributed by atoms with E-state index in [2.05, 4.69) is 15.9 Å². The maximum absolute atomic E-state index is 14.0. The third kappa shape index (κ3) is 3.37. The van der Waals surface area contributed by atoms with Gasteiger partial charge in [0.25, 0.3) is 5.69 Å². The molecule has 1 unspecified atom stereocenters. The highest BCUT2D eigenvalue weighted by molar-refractivity contribution is 9.10. The van der Waals surface area contributed by atoms with Gasteiger partial charge in [-0.25, -0.2) is 4.39 Å². The van der Waals surface area contributed by atoms with Gasteiger partial charge in [0.05, 0.1) is 4.92 Å². The van der Waals surface area contributed by atoms with Gasteiger partial charge in [0.1, 0.15) is 10.2 Å². The van der Waals surface area contributed by atoms with Gasteiger partial charge in [-0.1, -0.05) is 12.1 Å². The van der Waals surface area contributed by atoms with Crippen LogP contribution in [-0.2, 0) is 0 Å². The average Bonchev–Trinajstić information content (AvgIpc) is 2.42. The van der Waals surface area contributed by atoms with Crippen molar-refractivity contribution in [3.63, 3.8) is 0 Å². The van der Waals surface area contributed by atoms with Gasteiger partial charge in [-0.05, 0) is 46.6 Å². The van der Waals surface area contributed by atoms with E-state index in [9.17, 15) is 14.5 Å². The molecule has 21 heavy (non-hydrogen) atoms. The minimum atomic E-state index is -0.580. The van der Waals surface area contributed by atoms with Crippen molar-refractivity contribution in [2.45, 2.75) is 13.0 Å². The van der Waals surface area contributed by atoms with Crippen molar-refractivity contribution in [1.82, 2.24) is 0 Å². The maximum atomic E-state index is 14.0. The van der Waals surface area contributed by atoms with Crippen LogP contribution in [0.15, 0.2) is 40.9 Å². The van der Waals surface area contributed by atoms with Crippen LogP contribution in [0.1, 0.15) is 18.5 Å². The molecule has 0 aromatic heterocycles. The van der Waals surface area contributed by atoms with Crippen LogP contribution in [0.3, 0.4) is 0 Å². The molecule has 2 aromatic carbocycles. The van der Waals surface area contributed by atoms with Crippen LogP contribution in [-0.4, -0.2) is 4.92 Å². The number of ether oxygens (including phenoxy) is 1. The number of benzene rings is 2. The lowest BCUT2D eigenvalue weighted by molar-refractivity contribution is -0.385. The van der Waals surface area contributed by atoms with Gasteiger partial charge in [0.15, 0.2) is 11.6 Å². The fraction of sp³-hybridized carbons (Fsp3) is 0.143. The summed E-state index contributed by atoms with van der Waals surface area (Å²) in [6, 6.07) is 8.38. The molecule has 0 amide bonds. The summed E-state index contributed by atoms with van der Waals surface area (Å²) in [7, 11) is 0. The molecule has 2 N–H and O–H groups in total. The maximum Gasteiger partial charge on any atom is 0.287 e. The molecule has 0 aliphatic carbocycles. The van der Waals surface area contributed by atoms with E-state index < -0.39 is 10.7 Å². The minimum Gasteiger partial charge on any atom is -0.453 e. The summed E-state index contributed by atoms with van der Waals surface area (Å²) < 4.78 is 19.5. The van der Waals surface area contributed by atoms with Crippen molar-refractivity contribution in [2.75, 3.05) is 0 Å². The zero-order valence-corrected chi connectivity index (χ0v) is 12.6. The van der Waals surface area contributed by atoms with Crippen LogP contribution in [0.4, 0.5) is 10.1 Å². The molecule has 2 rings (SSSR count). The van der Waals surface area contributed by atoms with Gasteiger partial charge in [0.2, 0.25) is 0 Å². The average molecular weight is 355 g/mol. The van der Waals surface area contributed by atoms with Crippen LogP contribution in [0.25, 0.3) is 0 Å². The third-order valence-electron chi connectivity index (χ3n) is 2.84. The summed E-state index contributed by atoms with van der Waals surface area (Å²) in [4.78, 5) is 10.3. The molecule has 0 aliphatic heterocycles. The Bertz CT molecular complexity index is 692. The highest BCUT2D eigenvalue weighted by atomic mass is 79.9.